The molecule has 5 heteroatoms. The fourth-order valence-electron chi connectivity index (χ4n) is 2.98. The molecule has 3 aromatic heterocycles. The van der Waals surface area contributed by atoms with Crippen LogP contribution >= 0.6 is 0 Å². The summed E-state index contributed by atoms with van der Waals surface area (Å²) in [4.78, 5) is 12.3. The topological polar surface area (TPSA) is 76.8 Å². The Balaban J connectivity index is 1.97. The van der Waals surface area contributed by atoms with Gasteiger partial charge >= 0.3 is 0 Å². The van der Waals surface area contributed by atoms with Gasteiger partial charge in [0, 0.05) is 30.1 Å². The van der Waals surface area contributed by atoms with Crippen molar-refractivity contribution in [2.45, 2.75) is 0 Å². The highest BCUT2D eigenvalue weighted by Gasteiger charge is 2.18. The number of benzene rings is 1. The Morgan fingerprint density at radius 2 is 1.88 bits per heavy atom. The number of fused-ring (bicyclic) bond motifs is 1. The molecule has 3 N–H and O–H groups in total. The second-order valence-corrected chi connectivity index (χ2v) is 5.65. The van der Waals surface area contributed by atoms with Crippen molar-refractivity contribution in [2.24, 2.45) is 5.73 Å². The van der Waals surface area contributed by atoms with E-state index in [-0.39, 0.29) is 0 Å². The number of H-pyrrole nitrogens is 1. The van der Waals surface area contributed by atoms with Crippen molar-refractivity contribution in [3.63, 3.8) is 0 Å². The van der Waals surface area contributed by atoms with Crippen molar-refractivity contribution < 1.29 is 4.74 Å². The van der Waals surface area contributed by atoms with E-state index in [0.29, 0.717) is 18.9 Å². The lowest BCUT2D eigenvalue weighted by Crippen LogP contribution is -2.11. The highest BCUT2D eigenvalue weighted by Crippen LogP contribution is 2.40. The smallest absolute Gasteiger partial charge is 0.146 e. The molecule has 4 aromatic rings. The van der Waals surface area contributed by atoms with Crippen LogP contribution in [0.15, 0.2) is 67.1 Å². The van der Waals surface area contributed by atoms with Crippen LogP contribution < -0.4 is 10.5 Å². The molecule has 0 spiro atoms. The van der Waals surface area contributed by atoms with E-state index in [1.807, 2.05) is 42.6 Å². The van der Waals surface area contributed by atoms with Crippen molar-refractivity contribution in [1.82, 2.24) is 15.0 Å². The highest BCUT2D eigenvalue weighted by molar-refractivity contribution is 6.02. The number of nitrogens with one attached hydrogen (secondary N) is 1. The average molecular weight is 330 g/mol. The van der Waals surface area contributed by atoms with Gasteiger partial charge in [-0.3, -0.25) is 9.97 Å². The number of aromatic nitrogens is 3. The number of rotatable bonds is 5. The Morgan fingerprint density at radius 3 is 2.72 bits per heavy atom. The maximum atomic E-state index is 5.80. The lowest BCUT2D eigenvalue weighted by molar-refractivity contribution is 0.328. The van der Waals surface area contributed by atoms with Gasteiger partial charge in [-0.15, -0.1) is 0 Å². The van der Waals surface area contributed by atoms with Crippen molar-refractivity contribution in [2.75, 3.05) is 13.2 Å². The predicted molar refractivity (Wildman–Crippen MR) is 99.3 cm³/mol. The summed E-state index contributed by atoms with van der Waals surface area (Å²) in [6.45, 7) is 0.895. The van der Waals surface area contributed by atoms with Crippen LogP contribution in [0.5, 0.6) is 5.75 Å². The van der Waals surface area contributed by atoms with Gasteiger partial charge in [0.1, 0.15) is 12.4 Å². The normalized spacial score (nSPS) is 10.9. The lowest BCUT2D eigenvalue weighted by atomic mass is 10.0. The van der Waals surface area contributed by atoms with Crippen LogP contribution in [0.2, 0.25) is 0 Å². The molecule has 0 amide bonds. The van der Waals surface area contributed by atoms with Gasteiger partial charge in [0.15, 0.2) is 0 Å². The molecule has 3 heterocycles. The standard InChI is InChI=1S/C20H18N4O/c21-9-12-25-17-13-22-11-8-15(17)19-18(14-5-2-1-3-6-14)20-16(24-19)7-4-10-23-20/h1-8,10-11,13,24H,9,12,21H2. The molecule has 0 fully saturated rings. The first kappa shape index (κ1) is 15.4. The van der Waals surface area contributed by atoms with Crippen LogP contribution in [0.4, 0.5) is 0 Å². The lowest BCUT2D eigenvalue weighted by Gasteiger charge is -2.11. The number of hydrogen-bond donors (Lipinski definition) is 2. The molecule has 4 rings (SSSR count). The zero-order valence-electron chi connectivity index (χ0n) is 13.6. The SMILES string of the molecule is NCCOc1cnccc1-c1[nH]c2cccnc2c1-c1ccccc1. The number of pyridine rings is 2. The van der Waals surface area contributed by atoms with Gasteiger partial charge in [0.05, 0.1) is 22.9 Å². The van der Waals surface area contributed by atoms with E-state index in [4.69, 9.17) is 10.5 Å². The molecule has 5 nitrogen and oxygen atoms in total. The molecule has 0 bridgehead atoms. The largest absolute Gasteiger partial charge is 0.490 e. The Labute approximate surface area is 145 Å². The summed E-state index contributed by atoms with van der Waals surface area (Å²) >= 11 is 0. The summed E-state index contributed by atoms with van der Waals surface area (Å²) < 4.78 is 5.80. The fourth-order valence-corrected chi connectivity index (χ4v) is 2.98. The monoisotopic (exact) mass is 330 g/mol. The summed E-state index contributed by atoms with van der Waals surface area (Å²) in [5.74, 6) is 0.705. The van der Waals surface area contributed by atoms with Crippen LogP contribution in [-0.2, 0) is 0 Å². The van der Waals surface area contributed by atoms with E-state index in [1.165, 1.54) is 0 Å². The molecule has 0 radical (unpaired) electrons. The maximum absolute atomic E-state index is 5.80. The minimum Gasteiger partial charge on any atom is -0.490 e. The first-order valence-electron chi connectivity index (χ1n) is 8.18. The van der Waals surface area contributed by atoms with Gasteiger partial charge in [-0.25, -0.2) is 0 Å². The molecule has 0 saturated heterocycles. The van der Waals surface area contributed by atoms with Gasteiger partial charge < -0.3 is 15.5 Å². The van der Waals surface area contributed by atoms with Crippen molar-refractivity contribution in [3.05, 3.63) is 67.1 Å². The molecule has 1 aromatic carbocycles. The van der Waals surface area contributed by atoms with E-state index in [2.05, 4.69) is 27.1 Å². The van der Waals surface area contributed by atoms with Gasteiger partial charge in [-0.05, 0) is 23.8 Å². The van der Waals surface area contributed by atoms with Crippen molar-refractivity contribution >= 4 is 11.0 Å². The molecule has 0 aliphatic rings. The Hall–Kier alpha value is -3.18. The number of aromatic amines is 1. The zero-order chi connectivity index (χ0) is 17.1. The number of nitrogens with zero attached hydrogens (tertiary/aromatic N) is 2. The molecule has 25 heavy (non-hydrogen) atoms. The second kappa shape index (κ2) is 6.75. The number of hydrogen-bond acceptors (Lipinski definition) is 4. The Morgan fingerprint density at radius 1 is 1.00 bits per heavy atom. The first-order chi connectivity index (χ1) is 12.4. The van der Waals surface area contributed by atoms with Gasteiger partial charge in [0.25, 0.3) is 0 Å². The quantitative estimate of drug-likeness (QED) is 0.586. The number of nitrogens with two attached hydrogens (primary N) is 1. The molecule has 0 aliphatic carbocycles. The zero-order valence-corrected chi connectivity index (χ0v) is 13.6. The van der Waals surface area contributed by atoms with Crippen molar-refractivity contribution in [3.8, 4) is 28.1 Å². The van der Waals surface area contributed by atoms with E-state index in [1.54, 1.807) is 12.4 Å². The van der Waals surface area contributed by atoms with Crippen LogP contribution in [0.3, 0.4) is 0 Å². The fraction of sp³-hybridized carbons (Fsp3) is 0.100. The average Bonchev–Trinajstić information content (AvgIpc) is 3.06. The van der Waals surface area contributed by atoms with Crippen LogP contribution in [0.25, 0.3) is 33.4 Å². The number of ether oxygens (including phenoxy) is 1. The van der Waals surface area contributed by atoms with Crippen LogP contribution in [-0.4, -0.2) is 28.1 Å². The van der Waals surface area contributed by atoms with Crippen LogP contribution in [0.1, 0.15) is 0 Å². The van der Waals surface area contributed by atoms with E-state index < -0.39 is 0 Å². The summed E-state index contributed by atoms with van der Waals surface area (Å²) in [5.41, 5.74) is 11.6. The van der Waals surface area contributed by atoms with Gasteiger partial charge in [0.2, 0.25) is 0 Å². The molecule has 0 atom stereocenters. The molecular formula is C20H18N4O. The minimum atomic E-state index is 0.442. The summed E-state index contributed by atoms with van der Waals surface area (Å²) in [7, 11) is 0. The predicted octanol–water partition coefficient (Wildman–Crippen LogP) is 3.63. The van der Waals surface area contributed by atoms with E-state index in [9.17, 15) is 0 Å². The molecule has 0 aliphatic heterocycles. The minimum absolute atomic E-state index is 0.442. The molecule has 0 saturated carbocycles. The van der Waals surface area contributed by atoms with Crippen molar-refractivity contribution in [1.29, 1.82) is 0 Å². The molecular weight excluding hydrogens is 312 g/mol. The summed E-state index contributed by atoms with van der Waals surface area (Å²) in [6, 6.07) is 16.1. The van der Waals surface area contributed by atoms with E-state index in [0.717, 1.165) is 33.4 Å². The first-order valence-corrected chi connectivity index (χ1v) is 8.18. The van der Waals surface area contributed by atoms with E-state index >= 15 is 0 Å². The molecule has 124 valence electrons. The third kappa shape index (κ3) is 2.86. The highest BCUT2D eigenvalue weighted by atomic mass is 16.5. The summed E-state index contributed by atoms with van der Waals surface area (Å²) in [5, 5.41) is 0. The Kier molecular flexibility index (Phi) is 4.14. The maximum Gasteiger partial charge on any atom is 0.146 e. The Bertz CT molecular complexity index is 995. The summed E-state index contributed by atoms with van der Waals surface area (Å²) in [6.07, 6.45) is 5.29. The second-order valence-electron chi connectivity index (χ2n) is 5.65. The van der Waals surface area contributed by atoms with Gasteiger partial charge in [-0.2, -0.15) is 0 Å². The third-order valence-electron chi connectivity index (χ3n) is 4.05. The van der Waals surface area contributed by atoms with Gasteiger partial charge in [-0.1, -0.05) is 30.3 Å². The molecule has 0 unspecified atom stereocenters. The third-order valence-corrected chi connectivity index (χ3v) is 4.05. The van der Waals surface area contributed by atoms with Crippen LogP contribution in [0, 0.1) is 0 Å².